The molecule has 3 aliphatic heterocycles. The Bertz CT molecular complexity index is 1400. The van der Waals surface area contributed by atoms with Gasteiger partial charge in [0.1, 0.15) is 67.1 Å². The third-order valence-electron chi connectivity index (χ3n) is 9.45. The Morgan fingerprint density at radius 3 is 1.69 bits per heavy atom. The first-order chi connectivity index (χ1) is 25.3. The van der Waals surface area contributed by atoms with E-state index < -0.39 is 148 Å². The molecule has 4 fully saturated rings. The number of aliphatic hydroxyl groups excluding tert-OH is 8. The number of nitrogens with zero attached hydrogens (tertiary/aromatic N) is 5. The number of ether oxygens (including phenoxy) is 6. The van der Waals surface area contributed by atoms with Crippen molar-refractivity contribution in [1.29, 1.82) is 16.6 Å². The summed E-state index contributed by atoms with van der Waals surface area (Å²) in [5, 5.41) is 85.7. The minimum Gasteiger partial charge on any atom is -0.394 e. The van der Waals surface area contributed by atoms with Gasteiger partial charge in [0, 0.05) is 6.42 Å². The SMILES string of the molecule is N=[N+](N)C[C@H]1O[C@H](O[C@H]2[C@@H](O)[C@H](O[C@H]3[C@H](O)[C@@H]([N+](=N)N)C[C@@H](N=C(N)N)[C@H]3O[C@@H]3O[C@@H](CO)[C@H](O)[C@@H](O)[C@@H]3[N+](=N)N)O[C@@H]2CO)[C@@H](N=C(N)N)[C@H](O)[C@H]1O. The number of nitrogens with two attached hydrogens (primary N) is 7. The molecular formula is C25H52N15O14+3. The van der Waals surface area contributed by atoms with E-state index in [0.717, 1.165) is 0 Å². The lowest BCUT2D eigenvalue weighted by atomic mass is 9.83. The van der Waals surface area contributed by atoms with E-state index in [0.29, 0.717) is 9.61 Å². The maximum atomic E-state index is 11.5. The maximum Gasteiger partial charge on any atom is 0.286 e. The zero-order chi connectivity index (χ0) is 40.3. The summed E-state index contributed by atoms with van der Waals surface area (Å²) in [6, 6.07) is -5.68. The van der Waals surface area contributed by atoms with Crippen molar-refractivity contribution in [1.82, 2.24) is 0 Å². The number of hydrogen-bond donors (Lipinski definition) is 18. The summed E-state index contributed by atoms with van der Waals surface area (Å²) >= 11 is 0. The van der Waals surface area contributed by atoms with E-state index in [-0.39, 0.29) is 11.2 Å². The summed E-state index contributed by atoms with van der Waals surface area (Å²) in [4.78, 5) is 9.05. The van der Waals surface area contributed by atoms with Crippen molar-refractivity contribution < 1.29 is 83.7 Å². The van der Waals surface area contributed by atoms with E-state index in [2.05, 4.69) is 9.98 Å². The third-order valence-corrected chi connectivity index (χ3v) is 9.45. The fourth-order valence-corrected chi connectivity index (χ4v) is 6.83. The molecule has 0 bridgehead atoms. The van der Waals surface area contributed by atoms with Crippen LogP contribution in [-0.2, 0) is 28.4 Å². The number of hydrogen-bond acceptors (Lipinski definition) is 19. The minimum atomic E-state index is -1.88. The Balaban J connectivity index is 1.68. The highest BCUT2D eigenvalue weighted by Crippen LogP contribution is 2.37. The molecule has 0 radical (unpaired) electrons. The molecule has 3 saturated heterocycles. The van der Waals surface area contributed by atoms with Crippen molar-refractivity contribution in [2.45, 2.75) is 123 Å². The van der Waals surface area contributed by atoms with Crippen molar-refractivity contribution in [3.8, 4) is 0 Å². The third kappa shape index (κ3) is 9.16. The molecule has 0 aromatic rings. The smallest absolute Gasteiger partial charge is 0.286 e. The Hall–Kier alpha value is -3.82. The summed E-state index contributed by atoms with van der Waals surface area (Å²) in [6.45, 7) is -2.08. The molecule has 4 aliphatic rings. The average Bonchev–Trinajstić information content (AvgIpc) is 3.37. The van der Waals surface area contributed by atoms with Crippen LogP contribution in [0.2, 0.25) is 0 Å². The normalized spacial score (nSPS) is 43.9. The summed E-state index contributed by atoms with van der Waals surface area (Å²) in [6.07, 6.45) is -25.2. The van der Waals surface area contributed by atoms with Gasteiger partial charge in [-0.25, -0.2) is 9.98 Å². The number of guanidine groups is 2. The second-order valence-electron chi connectivity index (χ2n) is 13.2. The highest BCUT2D eigenvalue weighted by atomic mass is 16.8. The maximum absolute atomic E-state index is 11.5. The Kier molecular flexibility index (Phi) is 14.1. The van der Waals surface area contributed by atoms with Crippen LogP contribution < -0.4 is 40.5 Å². The van der Waals surface area contributed by atoms with Crippen molar-refractivity contribution in [3.63, 3.8) is 0 Å². The predicted molar refractivity (Wildman–Crippen MR) is 169 cm³/mol. The van der Waals surface area contributed by atoms with Crippen LogP contribution in [0.3, 0.4) is 0 Å². The number of nitrogens with one attached hydrogen (secondary N) is 3. The number of aliphatic imine (C=N–C) groups is 2. The van der Waals surface area contributed by atoms with E-state index in [1.807, 2.05) is 0 Å². The van der Waals surface area contributed by atoms with Gasteiger partial charge in [-0.3, -0.25) is 0 Å². The van der Waals surface area contributed by atoms with Gasteiger partial charge in [-0.1, -0.05) is 0 Å². The highest BCUT2D eigenvalue weighted by Gasteiger charge is 2.59. The van der Waals surface area contributed by atoms with Gasteiger partial charge in [0.2, 0.25) is 18.9 Å². The van der Waals surface area contributed by atoms with E-state index >= 15 is 0 Å². The average molecular weight is 787 g/mol. The quantitative estimate of drug-likeness (QED) is 0.0194. The molecule has 54 heavy (non-hydrogen) atoms. The zero-order valence-electron chi connectivity index (χ0n) is 28.6. The van der Waals surface area contributed by atoms with Crippen molar-refractivity contribution in [2.75, 3.05) is 19.8 Å². The van der Waals surface area contributed by atoms with Gasteiger partial charge in [-0.2, -0.15) is 17.5 Å². The predicted octanol–water partition coefficient (Wildman–Crippen LogP) is -10.4. The molecule has 29 nitrogen and oxygen atoms in total. The largest absolute Gasteiger partial charge is 0.394 e. The summed E-state index contributed by atoms with van der Waals surface area (Å²) < 4.78 is 35.3. The van der Waals surface area contributed by atoms with Gasteiger partial charge in [-0.05, 0) is 31.0 Å². The molecule has 1 saturated carbocycles. The number of rotatable bonds is 14. The first-order valence-corrected chi connectivity index (χ1v) is 16.4. The van der Waals surface area contributed by atoms with Crippen LogP contribution in [-0.4, -0.2) is 203 Å². The minimum absolute atomic E-state index is 0.237. The first kappa shape index (κ1) is 42.9. The van der Waals surface area contributed by atoms with Crippen LogP contribution in [0.25, 0.3) is 0 Å². The zero-order valence-corrected chi connectivity index (χ0v) is 28.6. The summed E-state index contributed by atoms with van der Waals surface area (Å²) in [5.74, 6) is 15.7. The van der Waals surface area contributed by atoms with Gasteiger partial charge >= 0.3 is 0 Å². The van der Waals surface area contributed by atoms with Gasteiger partial charge in [0.25, 0.3) is 6.04 Å². The summed E-state index contributed by atoms with van der Waals surface area (Å²) in [5.41, 5.74) is 45.9. The van der Waals surface area contributed by atoms with E-state index in [1.54, 1.807) is 0 Å². The molecule has 308 valence electrons. The van der Waals surface area contributed by atoms with Crippen LogP contribution >= 0.6 is 0 Å². The molecule has 0 aromatic heterocycles. The Morgan fingerprint density at radius 1 is 0.611 bits per heavy atom. The Labute approximate surface area is 305 Å². The molecule has 4 rings (SSSR count). The van der Waals surface area contributed by atoms with Gasteiger partial charge in [0.15, 0.2) is 36.7 Å². The second-order valence-corrected chi connectivity index (χ2v) is 13.2. The molecule has 1 aliphatic carbocycles. The first-order valence-electron chi connectivity index (χ1n) is 16.4. The van der Waals surface area contributed by atoms with Crippen molar-refractivity contribution >= 4 is 11.9 Å². The van der Waals surface area contributed by atoms with E-state index in [4.69, 9.17) is 85.5 Å². The lowest BCUT2D eigenvalue weighted by Gasteiger charge is -2.44. The molecule has 3 heterocycles. The molecule has 0 unspecified atom stereocenters. The van der Waals surface area contributed by atoms with Crippen LogP contribution in [0, 0.1) is 16.6 Å². The monoisotopic (exact) mass is 786 g/mol. The fraction of sp³-hybridized carbons (Fsp3) is 0.920. The van der Waals surface area contributed by atoms with Gasteiger partial charge in [-0.15, -0.1) is 0 Å². The molecule has 0 amide bonds. The van der Waals surface area contributed by atoms with E-state index in [1.165, 1.54) is 0 Å². The summed E-state index contributed by atoms with van der Waals surface area (Å²) in [7, 11) is 0. The topological polar surface area (TPSA) is 505 Å². The van der Waals surface area contributed by atoms with Gasteiger partial charge in [0.05, 0.1) is 19.3 Å². The molecule has 25 N–H and O–H groups in total. The fourth-order valence-electron chi connectivity index (χ4n) is 6.83. The Morgan fingerprint density at radius 2 is 1.15 bits per heavy atom. The van der Waals surface area contributed by atoms with Crippen LogP contribution in [0.5, 0.6) is 0 Å². The molecular weight excluding hydrogens is 734 g/mol. The van der Waals surface area contributed by atoms with Crippen molar-refractivity contribution in [3.05, 3.63) is 0 Å². The standard InChI is InChI=1S/C25H52N15O14/c26-24(27)36-5-1-6(39(32)33)12(43)20(18(5)52-22-11(40(34)35)16(47)14(45)8(3-41)50-22)54-23-17(48)19(9(4-42)51-23)53-21-10(37-25(28)29)15(46)13(44)7(49-21)2-38(30)31/h5-23,41-48H,1-4H2,(H3,30,31)(H3,32,33)(H3,34,35)(H4,26,27,36)(H4,28,29,37)/q+3/t5-,6+,7-,8+,9-,10+,11+,12-,13+,14+,15+,16+,17-,18-,19-,20+,21-,22+,23+/m1/s1. The molecule has 0 spiro atoms. The molecule has 19 atom stereocenters. The van der Waals surface area contributed by atoms with Crippen molar-refractivity contribution in [2.24, 2.45) is 50.4 Å². The molecule has 0 aromatic carbocycles. The van der Waals surface area contributed by atoms with Crippen LogP contribution in [0.4, 0.5) is 0 Å². The second kappa shape index (κ2) is 17.8. The van der Waals surface area contributed by atoms with E-state index in [9.17, 15) is 40.9 Å². The van der Waals surface area contributed by atoms with Crippen LogP contribution in [0.15, 0.2) is 9.98 Å². The highest BCUT2D eigenvalue weighted by molar-refractivity contribution is 5.76. The lowest BCUT2D eigenvalue weighted by Crippen LogP contribution is -2.67. The number of hydrazine groups is 3. The molecule has 29 heteroatoms. The number of aliphatic hydroxyl groups is 8. The van der Waals surface area contributed by atoms with Gasteiger partial charge < -0.3 is 92.2 Å². The van der Waals surface area contributed by atoms with Crippen LogP contribution in [0.1, 0.15) is 6.42 Å². The lowest BCUT2D eigenvalue weighted by molar-refractivity contribution is -0.691.